The summed E-state index contributed by atoms with van der Waals surface area (Å²) in [5, 5.41) is 6.58. The van der Waals surface area contributed by atoms with Crippen LogP contribution in [0.1, 0.15) is 19.3 Å². The van der Waals surface area contributed by atoms with Crippen molar-refractivity contribution in [3.63, 3.8) is 0 Å². The first-order valence-corrected chi connectivity index (χ1v) is 8.22. The van der Waals surface area contributed by atoms with Gasteiger partial charge in [-0.3, -0.25) is 4.99 Å². The Morgan fingerprint density at radius 1 is 1.43 bits per heavy atom. The lowest BCUT2D eigenvalue weighted by Crippen LogP contribution is -2.41. The van der Waals surface area contributed by atoms with Crippen molar-refractivity contribution >= 4 is 11.6 Å². The molecule has 1 aromatic rings. The molecule has 1 saturated heterocycles. The summed E-state index contributed by atoms with van der Waals surface area (Å²) in [5.74, 6) is 0.597. The molecule has 1 fully saturated rings. The van der Waals surface area contributed by atoms with E-state index in [0.29, 0.717) is 6.10 Å². The maximum absolute atomic E-state index is 13.2. The molecule has 1 aliphatic heterocycles. The topological polar surface area (TPSA) is 48.9 Å². The van der Waals surface area contributed by atoms with Crippen LogP contribution in [-0.2, 0) is 4.74 Å². The number of benzene rings is 1. The number of anilines is 1. The van der Waals surface area contributed by atoms with Gasteiger partial charge in [-0.25, -0.2) is 4.39 Å². The Balaban J connectivity index is 1.63. The standard InChI is InChI=1S/C17H27FN4O/c1-19-17(21-13-16-8-4-11-23-16)20-9-5-10-22(2)15-7-3-6-14(18)12-15/h3,6-7,12,16H,4-5,8-11,13H2,1-2H3,(H2,19,20,21). The fourth-order valence-corrected chi connectivity index (χ4v) is 2.60. The smallest absolute Gasteiger partial charge is 0.191 e. The Labute approximate surface area is 137 Å². The van der Waals surface area contributed by atoms with E-state index in [4.69, 9.17) is 4.74 Å². The summed E-state index contributed by atoms with van der Waals surface area (Å²) in [5.41, 5.74) is 0.894. The van der Waals surface area contributed by atoms with Crippen molar-refractivity contribution in [1.82, 2.24) is 10.6 Å². The van der Waals surface area contributed by atoms with Crippen LogP contribution in [0, 0.1) is 5.82 Å². The largest absolute Gasteiger partial charge is 0.376 e. The molecule has 1 heterocycles. The van der Waals surface area contributed by atoms with E-state index in [0.717, 1.165) is 57.2 Å². The summed E-state index contributed by atoms with van der Waals surface area (Å²) in [6.07, 6.45) is 3.49. The second kappa shape index (κ2) is 9.35. The zero-order valence-electron chi connectivity index (χ0n) is 14.0. The summed E-state index contributed by atoms with van der Waals surface area (Å²) < 4.78 is 18.8. The third kappa shape index (κ3) is 6.06. The average Bonchev–Trinajstić information content (AvgIpc) is 3.07. The van der Waals surface area contributed by atoms with Crippen molar-refractivity contribution in [2.75, 3.05) is 45.2 Å². The lowest BCUT2D eigenvalue weighted by atomic mass is 10.2. The Morgan fingerprint density at radius 2 is 2.30 bits per heavy atom. The zero-order chi connectivity index (χ0) is 16.5. The summed E-state index contributed by atoms with van der Waals surface area (Å²) in [6, 6.07) is 6.66. The molecule has 0 bridgehead atoms. The predicted molar refractivity (Wildman–Crippen MR) is 92.6 cm³/mol. The van der Waals surface area contributed by atoms with Crippen LogP contribution < -0.4 is 15.5 Å². The number of ether oxygens (including phenoxy) is 1. The van der Waals surface area contributed by atoms with Gasteiger partial charge in [0.2, 0.25) is 0 Å². The van der Waals surface area contributed by atoms with E-state index in [1.807, 2.05) is 18.0 Å². The van der Waals surface area contributed by atoms with Gasteiger partial charge < -0.3 is 20.3 Å². The maximum Gasteiger partial charge on any atom is 0.191 e. The Hall–Kier alpha value is -1.82. The van der Waals surface area contributed by atoms with E-state index in [1.165, 1.54) is 6.07 Å². The number of aliphatic imine (C=N–C) groups is 1. The van der Waals surface area contributed by atoms with Crippen LogP contribution in [0.15, 0.2) is 29.3 Å². The Morgan fingerprint density at radius 3 is 3.00 bits per heavy atom. The van der Waals surface area contributed by atoms with Crippen LogP contribution in [0.2, 0.25) is 0 Å². The van der Waals surface area contributed by atoms with Crippen LogP contribution in [0.5, 0.6) is 0 Å². The number of rotatable bonds is 7. The number of hydrogen-bond donors (Lipinski definition) is 2. The van der Waals surface area contributed by atoms with Gasteiger partial charge in [0.15, 0.2) is 5.96 Å². The predicted octanol–water partition coefficient (Wildman–Crippen LogP) is 2.00. The van der Waals surface area contributed by atoms with Gasteiger partial charge >= 0.3 is 0 Å². The first kappa shape index (κ1) is 17.5. The molecule has 2 rings (SSSR count). The van der Waals surface area contributed by atoms with Crippen LogP contribution in [0.4, 0.5) is 10.1 Å². The van der Waals surface area contributed by atoms with E-state index < -0.39 is 0 Å². The van der Waals surface area contributed by atoms with Gasteiger partial charge in [0, 0.05) is 46.0 Å². The van der Waals surface area contributed by atoms with Crippen molar-refractivity contribution in [3.05, 3.63) is 30.1 Å². The SMILES string of the molecule is CN=C(NCCCN(C)c1cccc(F)c1)NCC1CCCO1. The van der Waals surface area contributed by atoms with E-state index >= 15 is 0 Å². The summed E-state index contributed by atoms with van der Waals surface area (Å²) >= 11 is 0. The molecular weight excluding hydrogens is 295 g/mol. The average molecular weight is 322 g/mol. The molecule has 0 radical (unpaired) electrons. The number of hydrogen-bond acceptors (Lipinski definition) is 3. The van der Waals surface area contributed by atoms with Gasteiger partial charge in [-0.05, 0) is 37.5 Å². The molecule has 2 N–H and O–H groups in total. The number of halogens is 1. The van der Waals surface area contributed by atoms with E-state index in [2.05, 4.69) is 15.6 Å². The van der Waals surface area contributed by atoms with Gasteiger partial charge in [-0.1, -0.05) is 6.07 Å². The van der Waals surface area contributed by atoms with Gasteiger partial charge in [0.25, 0.3) is 0 Å². The van der Waals surface area contributed by atoms with Gasteiger partial charge in [0.1, 0.15) is 5.82 Å². The number of guanidine groups is 1. The third-order valence-corrected chi connectivity index (χ3v) is 3.96. The molecule has 5 nitrogen and oxygen atoms in total. The zero-order valence-corrected chi connectivity index (χ0v) is 14.0. The first-order chi connectivity index (χ1) is 11.2. The quantitative estimate of drug-likeness (QED) is 0.458. The summed E-state index contributed by atoms with van der Waals surface area (Å²) in [7, 11) is 3.74. The molecule has 1 aromatic carbocycles. The highest BCUT2D eigenvalue weighted by atomic mass is 19.1. The van der Waals surface area contributed by atoms with Crippen LogP contribution in [-0.4, -0.2) is 52.4 Å². The van der Waals surface area contributed by atoms with Crippen molar-refractivity contribution < 1.29 is 9.13 Å². The van der Waals surface area contributed by atoms with Crippen LogP contribution in [0.25, 0.3) is 0 Å². The fourth-order valence-electron chi connectivity index (χ4n) is 2.60. The van der Waals surface area contributed by atoms with Gasteiger partial charge in [-0.15, -0.1) is 0 Å². The third-order valence-electron chi connectivity index (χ3n) is 3.96. The van der Waals surface area contributed by atoms with Gasteiger partial charge in [-0.2, -0.15) is 0 Å². The van der Waals surface area contributed by atoms with Gasteiger partial charge in [0.05, 0.1) is 6.10 Å². The first-order valence-electron chi connectivity index (χ1n) is 8.22. The highest BCUT2D eigenvalue weighted by Gasteiger charge is 2.15. The maximum atomic E-state index is 13.2. The number of nitrogens with one attached hydrogen (secondary N) is 2. The van der Waals surface area contributed by atoms with Crippen molar-refractivity contribution in [2.45, 2.75) is 25.4 Å². The van der Waals surface area contributed by atoms with E-state index in [9.17, 15) is 4.39 Å². The number of nitrogens with zero attached hydrogens (tertiary/aromatic N) is 2. The minimum atomic E-state index is -0.203. The molecule has 0 amide bonds. The normalized spacial score (nSPS) is 18.0. The summed E-state index contributed by atoms with van der Waals surface area (Å²) in [6.45, 7) is 3.32. The molecule has 0 aromatic heterocycles. The molecule has 0 spiro atoms. The van der Waals surface area contributed by atoms with Crippen LogP contribution >= 0.6 is 0 Å². The molecule has 23 heavy (non-hydrogen) atoms. The van der Waals surface area contributed by atoms with Crippen molar-refractivity contribution in [2.24, 2.45) is 4.99 Å². The molecule has 0 aliphatic carbocycles. The second-order valence-corrected chi connectivity index (χ2v) is 5.77. The Bertz CT molecular complexity index is 503. The lowest BCUT2D eigenvalue weighted by molar-refractivity contribution is 0.114. The molecular formula is C17H27FN4O. The molecule has 1 atom stereocenters. The van der Waals surface area contributed by atoms with Crippen molar-refractivity contribution in [3.8, 4) is 0 Å². The molecule has 0 saturated carbocycles. The molecule has 1 unspecified atom stereocenters. The molecule has 128 valence electrons. The molecule has 6 heteroatoms. The highest BCUT2D eigenvalue weighted by Crippen LogP contribution is 2.13. The second-order valence-electron chi connectivity index (χ2n) is 5.77. The summed E-state index contributed by atoms with van der Waals surface area (Å²) in [4.78, 5) is 6.26. The minimum absolute atomic E-state index is 0.203. The minimum Gasteiger partial charge on any atom is -0.376 e. The van der Waals surface area contributed by atoms with Crippen molar-refractivity contribution in [1.29, 1.82) is 0 Å². The Kier molecular flexibility index (Phi) is 7.13. The fraction of sp³-hybridized carbons (Fsp3) is 0.588. The molecule has 1 aliphatic rings. The highest BCUT2D eigenvalue weighted by molar-refractivity contribution is 5.79. The van der Waals surface area contributed by atoms with Crippen LogP contribution in [0.3, 0.4) is 0 Å². The van der Waals surface area contributed by atoms with E-state index in [1.54, 1.807) is 19.2 Å². The van der Waals surface area contributed by atoms with E-state index in [-0.39, 0.29) is 5.82 Å². The lowest BCUT2D eigenvalue weighted by Gasteiger charge is -2.20. The monoisotopic (exact) mass is 322 g/mol.